The Kier molecular flexibility index (Phi) is 2.76. The lowest BCUT2D eigenvalue weighted by molar-refractivity contribution is -0.114. The van der Waals surface area contributed by atoms with Gasteiger partial charge in [-0.15, -0.1) is 0 Å². The van der Waals surface area contributed by atoms with Gasteiger partial charge >= 0.3 is 0 Å². The number of hydrogen-bond donors (Lipinski definition) is 0. The summed E-state index contributed by atoms with van der Waals surface area (Å²) in [6.07, 6.45) is 7.26. The van der Waals surface area contributed by atoms with Crippen molar-refractivity contribution in [1.29, 1.82) is 0 Å². The lowest BCUT2D eigenvalue weighted by atomic mass is 10.0. The van der Waals surface area contributed by atoms with E-state index in [4.69, 9.17) is 9.47 Å². The molecule has 0 saturated heterocycles. The molecule has 4 heteroatoms. The summed E-state index contributed by atoms with van der Waals surface area (Å²) in [5.74, 6) is 1.05. The standard InChI is InChI=1S/C15H10O4/c16-12-4-5-13(17)11(8-12)3-1-10-2-6-14-15(7-10)19-9-18-14/h1-8H,9H2/b3-1+. The first-order valence-electron chi connectivity index (χ1n) is 5.78. The summed E-state index contributed by atoms with van der Waals surface area (Å²) in [6.45, 7) is 0.228. The smallest absolute Gasteiger partial charge is 0.231 e. The van der Waals surface area contributed by atoms with E-state index in [0.29, 0.717) is 17.1 Å². The topological polar surface area (TPSA) is 52.6 Å². The fourth-order valence-corrected chi connectivity index (χ4v) is 1.86. The minimum atomic E-state index is -0.176. The number of ether oxygens (including phenoxy) is 2. The zero-order valence-corrected chi connectivity index (χ0v) is 9.96. The highest BCUT2D eigenvalue weighted by Crippen LogP contribution is 2.32. The predicted octanol–water partition coefficient (Wildman–Crippen LogP) is 2.06. The minimum absolute atomic E-state index is 0.170. The number of allylic oxidation sites excluding steroid dienone is 5. The van der Waals surface area contributed by atoms with Gasteiger partial charge in [-0.1, -0.05) is 18.2 Å². The molecule has 0 N–H and O–H groups in total. The maximum Gasteiger partial charge on any atom is 0.231 e. The summed E-state index contributed by atoms with van der Waals surface area (Å²) in [7, 11) is 0. The van der Waals surface area contributed by atoms with Crippen LogP contribution in [0.2, 0.25) is 0 Å². The predicted molar refractivity (Wildman–Crippen MR) is 68.8 cm³/mol. The quantitative estimate of drug-likeness (QED) is 0.758. The molecule has 4 nitrogen and oxygen atoms in total. The van der Waals surface area contributed by atoms with Gasteiger partial charge in [-0.05, 0) is 35.9 Å². The molecule has 0 unspecified atom stereocenters. The molecule has 3 rings (SSSR count). The van der Waals surface area contributed by atoms with E-state index in [2.05, 4.69) is 0 Å². The molecular formula is C15H10O4. The molecule has 0 bridgehead atoms. The molecular weight excluding hydrogens is 244 g/mol. The van der Waals surface area contributed by atoms with Crippen molar-refractivity contribution in [2.75, 3.05) is 6.79 Å². The molecule has 19 heavy (non-hydrogen) atoms. The Morgan fingerprint density at radius 3 is 2.74 bits per heavy atom. The van der Waals surface area contributed by atoms with E-state index in [0.717, 1.165) is 5.56 Å². The molecule has 0 atom stereocenters. The van der Waals surface area contributed by atoms with Crippen molar-refractivity contribution in [1.82, 2.24) is 0 Å². The van der Waals surface area contributed by atoms with E-state index in [9.17, 15) is 9.59 Å². The third kappa shape index (κ3) is 2.33. The van der Waals surface area contributed by atoms with E-state index < -0.39 is 0 Å². The highest BCUT2D eigenvalue weighted by Gasteiger charge is 2.13. The van der Waals surface area contributed by atoms with Gasteiger partial charge in [-0.25, -0.2) is 0 Å². The van der Waals surface area contributed by atoms with Crippen LogP contribution in [0.5, 0.6) is 11.5 Å². The monoisotopic (exact) mass is 254 g/mol. The second-order valence-corrected chi connectivity index (χ2v) is 4.15. The average Bonchev–Trinajstić information content (AvgIpc) is 2.87. The first-order chi connectivity index (χ1) is 9.22. The fraction of sp³-hybridized carbons (Fsp3) is 0.0667. The van der Waals surface area contributed by atoms with Crippen molar-refractivity contribution in [2.45, 2.75) is 0 Å². The van der Waals surface area contributed by atoms with Crippen molar-refractivity contribution >= 4 is 17.6 Å². The van der Waals surface area contributed by atoms with Gasteiger partial charge in [0.05, 0.1) is 0 Å². The van der Waals surface area contributed by atoms with Gasteiger partial charge in [0, 0.05) is 5.57 Å². The first-order valence-corrected chi connectivity index (χ1v) is 5.78. The van der Waals surface area contributed by atoms with Crippen LogP contribution >= 0.6 is 0 Å². The molecule has 0 aromatic heterocycles. The second-order valence-electron chi connectivity index (χ2n) is 4.15. The number of carbonyl (C=O) groups excluding carboxylic acids is 2. The third-order valence-corrected chi connectivity index (χ3v) is 2.83. The highest BCUT2D eigenvalue weighted by atomic mass is 16.7. The Morgan fingerprint density at radius 2 is 1.84 bits per heavy atom. The van der Waals surface area contributed by atoms with Crippen molar-refractivity contribution in [3.63, 3.8) is 0 Å². The first kappa shape index (κ1) is 11.5. The SMILES string of the molecule is O=C1C=CC(=O)C(/C=C/c2ccc3c(c2)OCO3)=C1. The van der Waals surface area contributed by atoms with Gasteiger partial charge in [0.25, 0.3) is 0 Å². The summed E-state index contributed by atoms with van der Waals surface area (Å²) < 4.78 is 10.5. The molecule has 0 amide bonds. The van der Waals surface area contributed by atoms with Gasteiger partial charge in [0.2, 0.25) is 6.79 Å². The summed E-state index contributed by atoms with van der Waals surface area (Å²) in [4.78, 5) is 22.7. The fourth-order valence-electron chi connectivity index (χ4n) is 1.86. The molecule has 1 aromatic rings. The van der Waals surface area contributed by atoms with Gasteiger partial charge in [0.1, 0.15) is 0 Å². The van der Waals surface area contributed by atoms with Gasteiger partial charge in [-0.2, -0.15) is 0 Å². The lowest BCUT2D eigenvalue weighted by Crippen LogP contribution is -2.05. The van der Waals surface area contributed by atoms with Crippen molar-refractivity contribution in [3.05, 3.63) is 53.6 Å². The molecule has 0 radical (unpaired) electrons. The number of rotatable bonds is 2. The van der Waals surface area contributed by atoms with E-state index in [1.165, 1.54) is 18.2 Å². The third-order valence-electron chi connectivity index (χ3n) is 2.83. The Balaban J connectivity index is 1.83. The molecule has 0 saturated carbocycles. The number of benzene rings is 1. The largest absolute Gasteiger partial charge is 0.454 e. The number of carbonyl (C=O) groups is 2. The van der Waals surface area contributed by atoms with Crippen molar-refractivity contribution in [3.8, 4) is 11.5 Å². The number of ketones is 2. The van der Waals surface area contributed by atoms with E-state index in [-0.39, 0.29) is 18.4 Å². The van der Waals surface area contributed by atoms with Crippen LogP contribution in [0, 0.1) is 0 Å². The van der Waals surface area contributed by atoms with Crippen molar-refractivity contribution < 1.29 is 19.1 Å². The zero-order valence-electron chi connectivity index (χ0n) is 9.96. The van der Waals surface area contributed by atoms with E-state index in [1.54, 1.807) is 12.2 Å². The molecule has 1 heterocycles. The number of hydrogen-bond acceptors (Lipinski definition) is 4. The summed E-state index contributed by atoms with van der Waals surface area (Å²) in [6, 6.07) is 5.49. The molecule has 1 aromatic carbocycles. The van der Waals surface area contributed by atoms with Gasteiger partial charge in [-0.3, -0.25) is 9.59 Å². The van der Waals surface area contributed by atoms with Gasteiger partial charge < -0.3 is 9.47 Å². The molecule has 2 aliphatic rings. The van der Waals surface area contributed by atoms with Crippen LogP contribution in [-0.2, 0) is 9.59 Å². The molecule has 1 aliphatic carbocycles. The number of fused-ring (bicyclic) bond motifs is 1. The van der Waals surface area contributed by atoms with Crippen LogP contribution < -0.4 is 9.47 Å². The molecule has 94 valence electrons. The van der Waals surface area contributed by atoms with E-state index in [1.807, 2.05) is 18.2 Å². The van der Waals surface area contributed by atoms with Crippen molar-refractivity contribution in [2.24, 2.45) is 0 Å². The summed E-state index contributed by atoms with van der Waals surface area (Å²) >= 11 is 0. The van der Waals surface area contributed by atoms with Crippen LogP contribution in [0.4, 0.5) is 0 Å². The second kappa shape index (κ2) is 4.57. The zero-order chi connectivity index (χ0) is 13.2. The maximum atomic E-state index is 11.5. The Morgan fingerprint density at radius 1 is 1.00 bits per heavy atom. The van der Waals surface area contributed by atoms with Crippen LogP contribution in [0.1, 0.15) is 5.56 Å². The maximum absolute atomic E-state index is 11.5. The van der Waals surface area contributed by atoms with Crippen LogP contribution in [0.3, 0.4) is 0 Å². The Hall–Kier alpha value is -2.62. The molecule has 0 spiro atoms. The summed E-state index contributed by atoms with van der Waals surface area (Å²) in [5.41, 5.74) is 1.25. The molecule has 0 fully saturated rings. The summed E-state index contributed by atoms with van der Waals surface area (Å²) in [5, 5.41) is 0. The van der Waals surface area contributed by atoms with Crippen LogP contribution in [-0.4, -0.2) is 18.4 Å². The highest BCUT2D eigenvalue weighted by molar-refractivity contribution is 6.18. The normalized spacial score (nSPS) is 17.2. The van der Waals surface area contributed by atoms with Gasteiger partial charge in [0.15, 0.2) is 23.1 Å². The lowest BCUT2D eigenvalue weighted by Gasteiger charge is -2.01. The Bertz CT molecular complexity index is 650. The Labute approximate surface area is 109 Å². The van der Waals surface area contributed by atoms with Crippen LogP contribution in [0.15, 0.2) is 48.1 Å². The van der Waals surface area contributed by atoms with Crippen LogP contribution in [0.25, 0.3) is 6.08 Å². The van der Waals surface area contributed by atoms with E-state index >= 15 is 0 Å². The average molecular weight is 254 g/mol. The molecule has 1 aliphatic heterocycles. The minimum Gasteiger partial charge on any atom is -0.454 e.